The van der Waals surface area contributed by atoms with E-state index >= 15 is 0 Å². The lowest BCUT2D eigenvalue weighted by Crippen LogP contribution is -2.18. The van der Waals surface area contributed by atoms with Crippen LogP contribution in [0.4, 0.5) is 23.3 Å². The number of carbonyl (C=O) groups excluding carboxylic acids is 4. The topological polar surface area (TPSA) is 300 Å². The van der Waals surface area contributed by atoms with Crippen LogP contribution < -0.4 is 21.3 Å². The third-order valence-electron chi connectivity index (χ3n) is 26.8. The summed E-state index contributed by atoms with van der Waals surface area (Å²) in [6.45, 7) is 0.0755. The molecule has 700 valence electrons. The minimum Gasteiger partial charge on any atom is -0.392 e. The lowest BCUT2D eigenvalue weighted by atomic mass is 9.86. The smallest absolute Gasteiger partial charge is 0.229 e. The average Bonchev–Trinajstić information content (AvgIpc) is 0.834. The molecule has 13 aromatic rings. The molecule has 9 aromatic carbocycles. The molecule has 20 nitrogen and oxygen atoms in total. The van der Waals surface area contributed by atoms with Crippen molar-refractivity contribution in [3.8, 4) is 45.0 Å². The molecule has 4 aliphatic carbocycles. The number of nitrogens with zero attached hydrogens (tertiary/aromatic N) is 8. The number of benzene rings is 9. The minimum absolute atomic E-state index is 0.0100. The van der Waals surface area contributed by atoms with Crippen LogP contribution in [-0.4, -0.2) is 83.9 Å². The monoisotopic (exact) mass is 1810 g/mol. The molecule has 0 spiro atoms. The van der Waals surface area contributed by atoms with Crippen molar-refractivity contribution in [2.45, 2.75) is 251 Å². The van der Waals surface area contributed by atoms with Crippen LogP contribution >= 0.6 is 0 Å². The SMILES string of the molecule is O=C(CCCc1ccccc1)Nc1ncc(-c2ccc(CO)cc2)nc1CCC1CCCCC1.O=C(CCc1ccccc1)Nc1ncc(-c2ccc(CO)cc2)nc1CCC1CCCCC1.O=C(Cc1ccc2ccccc2c1)Nc1ncc(-c2ccc(CO)cc2)nc1CCC1CCCCC1.O=C(Cc1ccccc1)Nc1ncc(-c2ccc(CO)cc2)nc1CCC1CCCCC1. The molecular weight excluding hydrogens is 1680 g/mol. The van der Waals surface area contributed by atoms with E-state index in [0.717, 1.165) is 194 Å². The van der Waals surface area contributed by atoms with E-state index in [1.807, 2.05) is 194 Å². The maximum absolute atomic E-state index is 13.0. The van der Waals surface area contributed by atoms with Gasteiger partial charge in [-0.1, -0.05) is 359 Å². The first-order valence-electron chi connectivity index (χ1n) is 49.3. The van der Waals surface area contributed by atoms with E-state index in [9.17, 15) is 39.6 Å². The van der Waals surface area contributed by atoms with Gasteiger partial charge in [-0.2, -0.15) is 0 Å². The van der Waals surface area contributed by atoms with Gasteiger partial charge in [0, 0.05) is 35.1 Å². The van der Waals surface area contributed by atoms with Crippen LogP contribution in [0.5, 0.6) is 0 Å². The molecule has 0 atom stereocenters. The molecule has 20 heteroatoms. The Balaban J connectivity index is 0.000000144. The maximum atomic E-state index is 13.0. The number of aryl methyl sites for hydroxylation is 6. The number of hydrogen-bond acceptors (Lipinski definition) is 16. The third kappa shape index (κ3) is 31.4. The van der Waals surface area contributed by atoms with Crippen molar-refractivity contribution in [3.63, 3.8) is 0 Å². The Bertz CT molecular complexity index is 5850. The minimum atomic E-state index is -0.0847. The first-order chi connectivity index (χ1) is 66.3. The lowest BCUT2D eigenvalue weighted by Gasteiger charge is -2.21. The highest BCUT2D eigenvalue weighted by Crippen LogP contribution is 2.36. The number of aromatic nitrogens is 8. The first kappa shape index (κ1) is 98.3. The van der Waals surface area contributed by atoms with E-state index < -0.39 is 0 Å². The highest BCUT2D eigenvalue weighted by Gasteiger charge is 2.24. The summed E-state index contributed by atoms with van der Waals surface area (Å²) in [5.74, 6) is 5.01. The molecule has 4 fully saturated rings. The summed E-state index contributed by atoms with van der Waals surface area (Å²) in [7, 11) is 0. The van der Waals surface area contributed by atoms with Gasteiger partial charge in [-0.15, -0.1) is 0 Å². The molecule has 4 amide bonds. The molecule has 0 saturated heterocycles. The second-order valence-corrected chi connectivity index (χ2v) is 36.8. The number of anilines is 4. The summed E-state index contributed by atoms with van der Waals surface area (Å²) in [5, 5.41) is 51.7. The van der Waals surface area contributed by atoms with Crippen LogP contribution in [0.25, 0.3) is 55.8 Å². The van der Waals surface area contributed by atoms with Gasteiger partial charge in [-0.3, -0.25) is 19.2 Å². The van der Waals surface area contributed by atoms with E-state index in [0.29, 0.717) is 61.3 Å². The predicted molar refractivity (Wildman–Crippen MR) is 540 cm³/mol. The van der Waals surface area contributed by atoms with Gasteiger partial charge in [0.25, 0.3) is 0 Å². The van der Waals surface area contributed by atoms with Crippen molar-refractivity contribution in [1.29, 1.82) is 0 Å². The molecule has 4 aliphatic rings. The molecule has 135 heavy (non-hydrogen) atoms. The van der Waals surface area contributed by atoms with Crippen LogP contribution in [0.1, 0.15) is 241 Å². The highest BCUT2D eigenvalue weighted by molar-refractivity contribution is 5.94. The van der Waals surface area contributed by atoms with Gasteiger partial charge >= 0.3 is 0 Å². The van der Waals surface area contributed by atoms with Crippen molar-refractivity contribution >= 4 is 57.7 Å². The van der Waals surface area contributed by atoms with Gasteiger partial charge < -0.3 is 41.7 Å². The van der Waals surface area contributed by atoms with E-state index in [1.54, 1.807) is 24.8 Å². The van der Waals surface area contributed by atoms with Crippen molar-refractivity contribution in [2.24, 2.45) is 23.7 Å². The fraction of sp³-hybridized carbons (Fsp3) is 0.374. The summed E-state index contributed by atoms with van der Waals surface area (Å²) in [6.07, 6.45) is 44.5. The van der Waals surface area contributed by atoms with Crippen LogP contribution in [0.3, 0.4) is 0 Å². The van der Waals surface area contributed by atoms with Crippen LogP contribution in [0.2, 0.25) is 0 Å². The molecule has 4 saturated carbocycles. The summed E-state index contributed by atoms with van der Waals surface area (Å²) in [5.41, 5.74) is 18.2. The Morgan fingerprint density at radius 3 is 0.859 bits per heavy atom. The highest BCUT2D eigenvalue weighted by atomic mass is 16.3. The zero-order chi connectivity index (χ0) is 93.4. The van der Waals surface area contributed by atoms with Gasteiger partial charge in [-0.25, -0.2) is 39.9 Å². The van der Waals surface area contributed by atoms with E-state index in [2.05, 4.69) is 77.6 Å². The second kappa shape index (κ2) is 52.8. The van der Waals surface area contributed by atoms with Gasteiger partial charge in [0.15, 0.2) is 23.3 Å². The fourth-order valence-corrected chi connectivity index (χ4v) is 18.8. The number of hydrogen-bond donors (Lipinski definition) is 8. The lowest BCUT2D eigenvalue weighted by molar-refractivity contribution is -0.117. The molecule has 17 rings (SSSR count). The van der Waals surface area contributed by atoms with E-state index in [-0.39, 0.29) is 50.1 Å². The van der Waals surface area contributed by atoms with Gasteiger partial charge in [0.1, 0.15) is 0 Å². The maximum Gasteiger partial charge on any atom is 0.229 e. The van der Waals surface area contributed by atoms with Gasteiger partial charge in [-0.05, 0) is 150 Å². The standard InChI is InChI=1S/C31H33N3O2.C29H35N3O2.C28H33N3O2.C27H31N3O2/c35-21-23-10-15-26(16-11-23)29-20-32-31(28(33-29)17-13-22-6-2-1-3-7-22)34-30(36)19-24-12-14-25-8-4-5-9-27(25)18-24;33-21-24-14-17-25(18-15-24)27-20-30-29(26(31-27)19-16-23-10-5-2-6-11-23)32-28(34)13-7-12-22-8-3-1-4-9-22;32-20-23-11-15-24(16-12-23)26-19-29-28(25(30-26)17-13-21-7-3-1-4-8-21)31-27(33)18-14-22-9-5-2-6-10-22;31-19-22-11-14-23(15-12-22)25-18-28-27(30-26(32)17-21-9-5-2-6-10-21)24(29-25)16-13-20-7-3-1-4-8-20/h4-5,8-12,14-16,18,20,22,35H,1-3,6-7,13,17,19,21H2,(H,32,34,36);1,3-4,8-9,14-15,17-18,20,23,33H,2,5-7,10-13,16,19,21H2,(H,30,32,34);2,5-6,9-12,15-16,19,21,32H,1,3-4,7-8,13-14,17-18,20H2,(H,29,31,33);2,5-6,9-12,14-15,18,20,31H,1,3-4,7-8,13,16-17,19H2,(H,28,30,32). The zero-order valence-electron chi connectivity index (χ0n) is 78.1. The summed E-state index contributed by atoms with van der Waals surface area (Å²) in [6, 6.07) is 75.2. The molecule has 4 aromatic heterocycles. The Morgan fingerprint density at radius 1 is 0.259 bits per heavy atom. The van der Waals surface area contributed by atoms with Crippen molar-refractivity contribution in [2.75, 3.05) is 21.3 Å². The molecular formula is C115H132N12O8. The molecule has 0 aliphatic heterocycles. The molecule has 8 N–H and O–H groups in total. The largest absolute Gasteiger partial charge is 0.392 e. The number of amides is 4. The normalized spacial score (nSPS) is 14.2. The molecule has 0 bridgehead atoms. The van der Waals surface area contributed by atoms with E-state index in [1.165, 1.54) is 139 Å². The van der Waals surface area contributed by atoms with Crippen molar-refractivity contribution in [1.82, 2.24) is 39.9 Å². The number of fused-ring (bicyclic) bond motifs is 1. The van der Waals surface area contributed by atoms with Crippen molar-refractivity contribution in [3.05, 3.63) is 323 Å². The number of rotatable bonds is 35. The quantitative estimate of drug-likeness (QED) is 0.0183. The summed E-state index contributed by atoms with van der Waals surface area (Å²) < 4.78 is 0. The number of aliphatic hydroxyl groups is 4. The Hall–Kier alpha value is -12.7. The third-order valence-corrected chi connectivity index (χ3v) is 26.8. The van der Waals surface area contributed by atoms with E-state index in [4.69, 9.17) is 19.9 Å². The average molecular weight is 1810 g/mol. The van der Waals surface area contributed by atoms with Crippen molar-refractivity contribution < 1.29 is 39.6 Å². The summed E-state index contributed by atoms with van der Waals surface area (Å²) in [4.78, 5) is 89.2. The Morgan fingerprint density at radius 2 is 0.533 bits per heavy atom. The number of aliphatic hydroxyl groups excluding tert-OH is 4. The second-order valence-electron chi connectivity index (χ2n) is 36.8. The number of carbonyl (C=O) groups is 4. The Labute approximate surface area is 796 Å². The molecule has 0 unspecified atom stereocenters. The van der Waals surface area contributed by atoms with Crippen LogP contribution in [0, 0.1) is 23.7 Å². The fourth-order valence-electron chi connectivity index (χ4n) is 18.8. The zero-order valence-corrected chi connectivity index (χ0v) is 78.1. The van der Waals surface area contributed by atoms with Crippen LogP contribution in [0.15, 0.2) is 255 Å². The molecule has 4 heterocycles. The predicted octanol–water partition coefficient (Wildman–Crippen LogP) is 23.6. The number of nitrogens with one attached hydrogen (secondary N) is 4. The van der Waals surface area contributed by atoms with Crippen LogP contribution in [-0.2, 0) is 97.0 Å². The van der Waals surface area contributed by atoms with Gasteiger partial charge in [0.2, 0.25) is 23.6 Å². The van der Waals surface area contributed by atoms with Gasteiger partial charge in [0.05, 0.1) is 110 Å². The first-order valence-corrected chi connectivity index (χ1v) is 49.3. The Kier molecular flexibility index (Phi) is 38.4. The molecule has 0 radical (unpaired) electrons. The summed E-state index contributed by atoms with van der Waals surface area (Å²) >= 11 is 0.